The Morgan fingerprint density at radius 1 is 0.870 bits per heavy atom. The SMILES string of the molecule is CC(C)=CCC[C@](C)(O)[C@H]1C(=O)C[C@]2(C)[C@@H]1CC[C@@H]1[C@@]3(CO)CC[C@@H](O[C@@H]4O[C@H](CO)[C@@H](O[C@@H]5OC[C@H](O)[C@H](O)[C@H]5O)[C@H](O)[C@H]4O)C(C)(C)[C@@H]3CC[C@]12C. The van der Waals surface area contributed by atoms with Gasteiger partial charge in [-0.05, 0) is 106 Å². The third-order valence-electron chi connectivity index (χ3n) is 15.9. The molecule has 13 nitrogen and oxygen atoms in total. The molecule has 0 bridgehead atoms. The summed E-state index contributed by atoms with van der Waals surface area (Å²) in [5.74, 6) is -0.0243. The van der Waals surface area contributed by atoms with Crippen molar-refractivity contribution in [3.8, 4) is 0 Å². The van der Waals surface area contributed by atoms with Crippen molar-refractivity contribution in [2.24, 2.45) is 45.3 Å². The van der Waals surface area contributed by atoms with Crippen LogP contribution in [0.4, 0.5) is 0 Å². The molecule has 6 aliphatic rings. The summed E-state index contributed by atoms with van der Waals surface area (Å²) in [6, 6.07) is 0. The molecule has 4 aliphatic carbocycles. The molecule has 310 valence electrons. The number of fused-ring (bicyclic) bond motifs is 5. The van der Waals surface area contributed by atoms with Crippen LogP contribution < -0.4 is 0 Å². The van der Waals surface area contributed by atoms with Gasteiger partial charge in [0.15, 0.2) is 12.6 Å². The third kappa shape index (κ3) is 6.77. The highest BCUT2D eigenvalue weighted by molar-refractivity contribution is 5.86. The van der Waals surface area contributed by atoms with Crippen molar-refractivity contribution < 1.29 is 64.6 Å². The Morgan fingerprint density at radius 2 is 1.56 bits per heavy atom. The number of Topliss-reactive ketones (excluding diaryl/α,β-unsaturated/α-hetero) is 1. The average Bonchev–Trinajstić information content (AvgIpc) is 3.39. The Balaban J connectivity index is 1.18. The van der Waals surface area contributed by atoms with Crippen molar-refractivity contribution in [2.75, 3.05) is 19.8 Å². The number of hydrogen-bond donors (Lipinski definition) is 8. The number of carbonyl (C=O) groups excluding carboxylic acids is 1. The number of aliphatic hydroxyl groups is 8. The van der Waals surface area contributed by atoms with Crippen molar-refractivity contribution in [3.63, 3.8) is 0 Å². The summed E-state index contributed by atoms with van der Waals surface area (Å²) < 4.78 is 23.6. The third-order valence-corrected chi connectivity index (χ3v) is 15.9. The molecule has 54 heavy (non-hydrogen) atoms. The van der Waals surface area contributed by atoms with Crippen LogP contribution >= 0.6 is 0 Å². The molecule has 0 aromatic rings. The second-order valence-electron chi connectivity index (χ2n) is 19.4. The molecular weight excluding hydrogens is 700 g/mol. The molecule has 2 heterocycles. The molecule has 4 saturated carbocycles. The Labute approximate surface area is 320 Å². The first-order valence-corrected chi connectivity index (χ1v) is 20.3. The van der Waals surface area contributed by atoms with E-state index in [1.54, 1.807) is 0 Å². The van der Waals surface area contributed by atoms with Crippen LogP contribution in [0.25, 0.3) is 0 Å². The normalized spacial score (nSPS) is 50.0. The molecule has 6 rings (SSSR count). The van der Waals surface area contributed by atoms with E-state index in [-0.39, 0.29) is 47.6 Å². The second kappa shape index (κ2) is 15.3. The minimum absolute atomic E-state index is 0.000298. The van der Waals surface area contributed by atoms with Crippen molar-refractivity contribution in [2.45, 2.75) is 173 Å². The van der Waals surface area contributed by atoms with Gasteiger partial charge in [-0.15, -0.1) is 0 Å². The Morgan fingerprint density at radius 3 is 2.20 bits per heavy atom. The summed E-state index contributed by atoms with van der Waals surface area (Å²) in [5.41, 5.74) is -1.41. The lowest BCUT2D eigenvalue weighted by Crippen LogP contribution is -2.67. The molecule has 0 radical (unpaired) electrons. The predicted octanol–water partition coefficient (Wildman–Crippen LogP) is 1.97. The molecule has 2 saturated heterocycles. The largest absolute Gasteiger partial charge is 0.396 e. The van der Waals surface area contributed by atoms with E-state index in [2.05, 4.69) is 33.8 Å². The van der Waals surface area contributed by atoms with Crippen molar-refractivity contribution in [1.82, 2.24) is 0 Å². The van der Waals surface area contributed by atoms with Crippen LogP contribution in [-0.2, 0) is 23.7 Å². The van der Waals surface area contributed by atoms with E-state index in [0.717, 1.165) is 32.1 Å². The van der Waals surface area contributed by atoms with E-state index in [1.807, 2.05) is 20.8 Å². The number of allylic oxidation sites excluding steroid dienone is 2. The Kier molecular flexibility index (Phi) is 12.0. The van der Waals surface area contributed by atoms with Crippen LogP contribution in [0.3, 0.4) is 0 Å². The summed E-state index contributed by atoms with van der Waals surface area (Å²) in [7, 11) is 0. The average molecular weight is 769 g/mol. The van der Waals surface area contributed by atoms with Crippen molar-refractivity contribution >= 4 is 5.78 Å². The number of rotatable bonds is 10. The molecule has 18 atom stereocenters. The monoisotopic (exact) mass is 768 g/mol. The summed E-state index contributed by atoms with van der Waals surface area (Å²) in [6.45, 7) is 13.9. The molecule has 0 unspecified atom stereocenters. The summed E-state index contributed by atoms with van der Waals surface area (Å²) in [6.07, 6.45) is -5.08. The lowest BCUT2D eigenvalue weighted by molar-refractivity contribution is -0.361. The first kappa shape index (κ1) is 42.5. The smallest absolute Gasteiger partial charge is 0.186 e. The van der Waals surface area contributed by atoms with E-state index in [0.29, 0.717) is 25.7 Å². The van der Waals surface area contributed by atoms with Crippen LogP contribution in [0.5, 0.6) is 0 Å². The van der Waals surface area contributed by atoms with Crippen molar-refractivity contribution in [1.29, 1.82) is 0 Å². The Hall–Kier alpha value is -1.07. The zero-order valence-corrected chi connectivity index (χ0v) is 33.3. The molecule has 0 aromatic heterocycles. The van der Waals surface area contributed by atoms with Gasteiger partial charge in [0, 0.05) is 24.4 Å². The van der Waals surface area contributed by atoms with Gasteiger partial charge in [-0.25, -0.2) is 0 Å². The van der Waals surface area contributed by atoms with Crippen LogP contribution in [0.2, 0.25) is 0 Å². The maximum absolute atomic E-state index is 14.0. The van der Waals surface area contributed by atoms with Gasteiger partial charge in [0.05, 0.1) is 24.9 Å². The van der Waals surface area contributed by atoms with Crippen LogP contribution in [0, 0.1) is 45.3 Å². The minimum Gasteiger partial charge on any atom is -0.396 e. The van der Waals surface area contributed by atoms with Gasteiger partial charge in [-0.3, -0.25) is 4.79 Å². The van der Waals surface area contributed by atoms with E-state index < -0.39 is 90.4 Å². The lowest BCUT2D eigenvalue weighted by Gasteiger charge is -2.70. The summed E-state index contributed by atoms with van der Waals surface area (Å²) in [5, 5.41) is 86.3. The zero-order chi connectivity index (χ0) is 39.8. The number of carbonyl (C=O) groups is 1. The molecule has 6 fully saturated rings. The maximum Gasteiger partial charge on any atom is 0.186 e. The fourth-order valence-electron chi connectivity index (χ4n) is 12.9. The van der Waals surface area contributed by atoms with E-state index in [4.69, 9.17) is 18.9 Å². The summed E-state index contributed by atoms with van der Waals surface area (Å²) >= 11 is 0. The maximum atomic E-state index is 14.0. The zero-order valence-electron chi connectivity index (χ0n) is 33.3. The van der Waals surface area contributed by atoms with Crippen LogP contribution in [0.1, 0.15) is 106 Å². The highest BCUT2D eigenvalue weighted by Gasteiger charge is 2.72. The van der Waals surface area contributed by atoms with Gasteiger partial charge in [0.2, 0.25) is 0 Å². The van der Waals surface area contributed by atoms with Gasteiger partial charge < -0.3 is 59.8 Å². The highest BCUT2D eigenvalue weighted by atomic mass is 16.7. The quantitative estimate of drug-likeness (QED) is 0.118. The van der Waals surface area contributed by atoms with Crippen LogP contribution in [0.15, 0.2) is 11.6 Å². The molecule has 0 spiro atoms. The first-order chi connectivity index (χ1) is 25.2. The number of hydrogen-bond acceptors (Lipinski definition) is 13. The topological polar surface area (TPSA) is 216 Å². The molecule has 0 aromatic carbocycles. The molecule has 13 heteroatoms. The van der Waals surface area contributed by atoms with Gasteiger partial charge in [-0.1, -0.05) is 39.3 Å². The fraction of sp³-hybridized carbons (Fsp3) is 0.927. The predicted molar refractivity (Wildman–Crippen MR) is 195 cm³/mol. The van der Waals surface area contributed by atoms with E-state index in [1.165, 1.54) is 5.57 Å². The summed E-state index contributed by atoms with van der Waals surface area (Å²) in [4.78, 5) is 14.0. The van der Waals surface area contributed by atoms with Gasteiger partial charge in [0.1, 0.15) is 48.5 Å². The molecule has 8 N–H and O–H groups in total. The minimum atomic E-state index is -1.64. The molecule has 2 aliphatic heterocycles. The Bertz CT molecular complexity index is 1380. The van der Waals surface area contributed by atoms with Crippen molar-refractivity contribution in [3.05, 3.63) is 11.6 Å². The first-order valence-electron chi connectivity index (χ1n) is 20.3. The molecular formula is C41H68O13. The van der Waals surface area contributed by atoms with E-state index in [9.17, 15) is 45.6 Å². The number of aliphatic hydroxyl groups excluding tert-OH is 7. The fourth-order valence-corrected chi connectivity index (χ4v) is 12.9. The van der Waals surface area contributed by atoms with Gasteiger partial charge >= 0.3 is 0 Å². The highest BCUT2D eigenvalue weighted by Crippen LogP contribution is 2.75. The van der Waals surface area contributed by atoms with Gasteiger partial charge in [-0.2, -0.15) is 0 Å². The standard InChI is InChI=1S/C41H68O13/c1-21(2)9-8-14-40(7,50)29-22-10-11-27-38(5,39(22,6)17-23(29)44)15-12-26-37(3,4)28(13-16-41(26,27)20-43)53-36-33(49)31(47)34(25(18-42)52-36)54-35-32(48)30(46)24(45)19-51-35/h9,22,24-36,42-43,45-50H,8,10-20H2,1-7H3/t22-,24+,25-,26+,27+,28-,29-,30+,31-,32-,33-,34-,35+,36+,38-,39-,40+,41-/m1/s1. The second-order valence-corrected chi connectivity index (χ2v) is 19.4. The lowest BCUT2D eigenvalue weighted by atomic mass is 9.35. The number of ketones is 1. The molecule has 0 amide bonds. The van der Waals surface area contributed by atoms with E-state index >= 15 is 0 Å². The van der Waals surface area contributed by atoms with Gasteiger partial charge in [0.25, 0.3) is 0 Å². The number of ether oxygens (including phenoxy) is 4. The van der Waals surface area contributed by atoms with Crippen LogP contribution in [-0.4, -0.2) is 133 Å².